The van der Waals surface area contributed by atoms with E-state index in [1.165, 1.54) is 11.8 Å². The monoisotopic (exact) mass is 472 g/mol. The first-order valence-corrected chi connectivity index (χ1v) is 11.1. The maximum absolute atomic E-state index is 13.0. The summed E-state index contributed by atoms with van der Waals surface area (Å²) in [5.74, 6) is -3.92. The van der Waals surface area contributed by atoms with Gasteiger partial charge in [-0.3, -0.25) is 19.2 Å². The van der Waals surface area contributed by atoms with Crippen molar-refractivity contribution in [2.75, 3.05) is 13.1 Å². The molecule has 1 heterocycles. The van der Waals surface area contributed by atoms with Crippen LogP contribution >= 0.6 is 0 Å². The quantitative estimate of drug-likeness (QED) is 0.129. The smallest absolute Gasteiger partial charge is 0.326 e. The van der Waals surface area contributed by atoms with E-state index in [1.54, 1.807) is 0 Å². The highest BCUT2D eigenvalue weighted by Crippen LogP contribution is 2.19. The number of primary amides is 1. The fraction of sp³-hybridized carbons (Fsp3) is 0.750. The highest BCUT2D eigenvalue weighted by atomic mass is 16.4. The summed E-state index contributed by atoms with van der Waals surface area (Å²) in [6.07, 6.45) is 0.566. The van der Waals surface area contributed by atoms with Gasteiger partial charge in [-0.15, -0.1) is 0 Å². The minimum absolute atomic E-state index is 0.126. The number of aliphatic hydroxyl groups is 1. The normalized spacial score (nSPS) is 19.3. The Balaban J connectivity index is 3.02. The number of carbonyl (C=O) groups excluding carboxylic acids is 4. The molecule has 1 rings (SSSR count). The maximum atomic E-state index is 13.0. The van der Waals surface area contributed by atoms with Crippen LogP contribution in [0.15, 0.2) is 0 Å². The van der Waals surface area contributed by atoms with Gasteiger partial charge in [0.15, 0.2) is 0 Å². The van der Waals surface area contributed by atoms with Gasteiger partial charge < -0.3 is 42.9 Å². The Morgan fingerprint density at radius 1 is 1.06 bits per heavy atom. The summed E-state index contributed by atoms with van der Waals surface area (Å²) < 4.78 is 0. The third kappa shape index (κ3) is 8.94. The van der Waals surface area contributed by atoms with Crippen LogP contribution in [0.5, 0.6) is 0 Å². The summed E-state index contributed by atoms with van der Waals surface area (Å²) in [5.41, 5.74) is 16.3. The number of unbranched alkanes of at least 4 members (excludes halogenated alkanes) is 1. The number of rotatable bonds is 14. The number of likely N-dealkylation sites (tertiary alicyclic amines) is 1. The van der Waals surface area contributed by atoms with Gasteiger partial charge in [-0.05, 0) is 52.0 Å². The minimum atomic E-state index is -1.26. The van der Waals surface area contributed by atoms with Crippen molar-refractivity contribution < 1.29 is 34.2 Å². The SMILES string of the molecule is CC(O)C(N)C(=O)NC(CCCCN)C(=O)NC(CCC(N)=O)C(=O)N1CCCC1C(=O)O. The van der Waals surface area contributed by atoms with E-state index in [2.05, 4.69) is 10.6 Å². The van der Waals surface area contributed by atoms with Crippen LogP contribution < -0.4 is 27.8 Å². The van der Waals surface area contributed by atoms with E-state index in [0.29, 0.717) is 25.8 Å². The van der Waals surface area contributed by atoms with Gasteiger partial charge in [0.2, 0.25) is 23.6 Å². The standard InChI is InChI=1S/C20H36N6O7/c1-11(27)16(23)18(30)24-12(5-2-3-9-21)17(29)25-13(7-8-15(22)28)19(31)26-10-4-6-14(26)20(32)33/h11-14,16,27H,2-10,21,23H2,1H3,(H2,22,28)(H,24,30)(H,25,29)(H,32,33). The molecule has 0 aliphatic carbocycles. The Labute approximate surface area is 192 Å². The predicted octanol–water partition coefficient (Wildman–Crippen LogP) is -2.87. The molecular weight excluding hydrogens is 436 g/mol. The van der Waals surface area contributed by atoms with Crippen molar-refractivity contribution in [1.29, 1.82) is 0 Å². The lowest BCUT2D eigenvalue weighted by Gasteiger charge is -2.29. The molecule has 13 heteroatoms. The zero-order chi connectivity index (χ0) is 25.1. The number of amides is 4. The Morgan fingerprint density at radius 2 is 1.70 bits per heavy atom. The van der Waals surface area contributed by atoms with Gasteiger partial charge in [0.25, 0.3) is 0 Å². The first-order chi connectivity index (χ1) is 15.5. The van der Waals surface area contributed by atoms with E-state index in [9.17, 15) is 34.2 Å². The van der Waals surface area contributed by atoms with Gasteiger partial charge in [0.1, 0.15) is 24.2 Å². The molecule has 1 aliphatic rings. The third-order valence-electron chi connectivity index (χ3n) is 5.52. The summed E-state index contributed by atoms with van der Waals surface area (Å²) in [5, 5.41) is 23.9. The largest absolute Gasteiger partial charge is 0.480 e. The van der Waals surface area contributed by atoms with Crippen molar-refractivity contribution in [3.8, 4) is 0 Å². The molecule has 0 aromatic carbocycles. The van der Waals surface area contributed by atoms with E-state index < -0.39 is 59.9 Å². The first-order valence-electron chi connectivity index (χ1n) is 11.1. The van der Waals surface area contributed by atoms with Crippen LogP contribution in [0.4, 0.5) is 0 Å². The summed E-state index contributed by atoms with van der Waals surface area (Å²) in [7, 11) is 0. The minimum Gasteiger partial charge on any atom is -0.480 e. The lowest BCUT2D eigenvalue weighted by atomic mass is 10.0. The molecule has 0 bridgehead atoms. The molecule has 0 aromatic heterocycles. The number of nitrogens with two attached hydrogens (primary N) is 3. The molecule has 1 aliphatic heterocycles. The predicted molar refractivity (Wildman–Crippen MR) is 117 cm³/mol. The second-order valence-electron chi connectivity index (χ2n) is 8.21. The Hall–Kier alpha value is -2.77. The molecule has 13 nitrogen and oxygen atoms in total. The number of aliphatic hydroxyl groups excluding tert-OH is 1. The lowest BCUT2D eigenvalue weighted by Crippen LogP contribution is -2.58. The van der Waals surface area contributed by atoms with Crippen molar-refractivity contribution in [2.45, 2.75) is 82.1 Å². The number of carboxylic acids is 1. The molecule has 4 amide bonds. The Morgan fingerprint density at radius 3 is 2.24 bits per heavy atom. The lowest BCUT2D eigenvalue weighted by molar-refractivity contribution is -0.149. The summed E-state index contributed by atoms with van der Waals surface area (Å²) >= 11 is 0. The van der Waals surface area contributed by atoms with Crippen molar-refractivity contribution in [3.05, 3.63) is 0 Å². The summed E-state index contributed by atoms with van der Waals surface area (Å²) in [4.78, 5) is 62.3. The number of nitrogens with zero attached hydrogens (tertiary/aromatic N) is 1. The zero-order valence-electron chi connectivity index (χ0n) is 18.9. The fourth-order valence-electron chi connectivity index (χ4n) is 3.55. The number of hydrogen-bond donors (Lipinski definition) is 7. The molecule has 0 radical (unpaired) electrons. The van der Waals surface area contributed by atoms with E-state index >= 15 is 0 Å². The van der Waals surface area contributed by atoms with Crippen LogP contribution in [0.1, 0.15) is 51.9 Å². The number of carbonyl (C=O) groups is 5. The molecule has 1 saturated heterocycles. The molecule has 0 saturated carbocycles. The molecule has 1 fully saturated rings. The fourth-order valence-corrected chi connectivity index (χ4v) is 3.55. The Bertz CT molecular complexity index is 717. The number of nitrogens with one attached hydrogen (secondary N) is 2. The zero-order valence-corrected chi connectivity index (χ0v) is 18.9. The molecule has 33 heavy (non-hydrogen) atoms. The average Bonchev–Trinajstić information content (AvgIpc) is 3.24. The number of aliphatic carboxylic acids is 1. The van der Waals surface area contributed by atoms with E-state index in [1.807, 2.05) is 0 Å². The van der Waals surface area contributed by atoms with E-state index in [-0.39, 0.29) is 32.2 Å². The van der Waals surface area contributed by atoms with Gasteiger partial charge in [-0.1, -0.05) is 0 Å². The van der Waals surface area contributed by atoms with Crippen molar-refractivity contribution >= 4 is 29.6 Å². The van der Waals surface area contributed by atoms with Gasteiger partial charge in [0, 0.05) is 13.0 Å². The second kappa shape index (κ2) is 13.7. The second-order valence-corrected chi connectivity index (χ2v) is 8.21. The van der Waals surface area contributed by atoms with Crippen LogP contribution in [0.2, 0.25) is 0 Å². The molecule has 188 valence electrons. The topological polar surface area (TPSA) is 231 Å². The molecule has 10 N–H and O–H groups in total. The van der Waals surface area contributed by atoms with E-state index in [0.717, 1.165) is 0 Å². The molecule has 5 atom stereocenters. The van der Waals surface area contributed by atoms with Crippen LogP contribution in [0.3, 0.4) is 0 Å². The Kier molecular flexibility index (Phi) is 11.7. The number of hydrogen-bond acceptors (Lipinski definition) is 8. The van der Waals surface area contributed by atoms with Crippen molar-refractivity contribution in [3.63, 3.8) is 0 Å². The van der Waals surface area contributed by atoms with Crippen LogP contribution in [0, 0.1) is 0 Å². The van der Waals surface area contributed by atoms with Crippen LogP contribution in [0.25, 0.3) is 0 Å². The molecule has 5 unspecified atom stereocenters. The average molecular weight is 473 g/mol. The number of carboxylic acid groups (broad SMARTS) is 1. The van der Waals surface area contributed by atoms with Gasteiger partial charge in [0.05, 0.1) is 6.10 Å². The van der Waals surface area contributed by atoms with Crippen LogP contribution in [-0.4, -0.2) is 88.1 Å². The summed E-state index contributed by atoms with van der Waals surface area (Å²) in [6.45, 7) is 1.92. The van der Waals surface area contributed by atoms with E-state index in [4.69, 9.17) is 17.2 Å². The third-order valence-corrected chi connectivity index (χ3v) is 5.52. The molecular formula is C20H36N6O7. The highest BCUT2D eigenvalue weighted by molar-refractivity contribution is 5.94. The molecule has 0 aromatic rings. The summed E-state index contributed by atoms with van der Waals surface area (Å²) in [6, 6.07) is -4.56. The van der Waals surface area contributed by atoms with Crippen LogP contribution in [-0.2, 0) is 24.0 Å². The van der Waals surface area contributed by atoms with Crippen molar-refractivity contribution in [1.82, 2.24) is 15.5 Å². The van der Waals surface area contributed by atoms with Crippen molar-refractivity contribution in [2.24, 2.45) is 17.2 Å². The van der Waals surface area contributed by atoms with Gasteiger partial charge in [-0.25, -0.2) is 4.79 Å². The maximum Gasteiger partial charge on any atom is 0.326 e. The van der Waals surface area contributed by atoms with Gasteiger partial charge >= 0.3 is 5.97 Å². The van der Waals surface area contributed by atoms with Gasteiger partial charge in [-0.2, -0.15) is 0 Å². The highest BCUT2D eigenvalue weighted by Gasteiger charge is 2.38. The molecule has 0 spiro atoms. The first kappa shape index (κ1) is 28.3.